The molecule has 9 nitrogen and oxygen atoms in total. The standard InChI is InChI=1S/C26H30N4O5/c1-16(31)28-24-10-19-20(13-30(2)22(19)12-27-24)21-11-23(34-14-17-4-3-7-33-17)18-5-8-35-26(25(18)29-21)6-9-32-15-26/h10-13,17H,3-9,14-15H2,1-2H3,(H,27,28,31)/t17-,26?/m0/s1. The van der Waals surface area contributed by atoms with Gasteiger partial charge >= 0.3 is 0 Å². The Hall–Kier alpha value is -3.01. The molecule has 0 aromatic carbocycles. The van der Waals surface area contributed by atoms with Crippen molar-refractivity contribution in [3.05, 3.63) is 35.8 Å². The van der Waals surface area contributed by atoms with Gasteiger partial charge in [0.05, 0.1) is 42.4 Å². The van der Waals surface area contributed by atoms with Crippen molar-refractivity contribution >= 4 is 22.6 Å². The molecular weight excluding hydrogens is 448 g/mol. The highest BCUT2D eigenvalue weighted by Gasteiger charge is 2.44. The Morgan fingerprint density at radius 1 is 1.31 bits per heavy atom. The third-order valence-corrected chi connectivity index (χ3v) is 7.14. The molecule has 0 bridgehead atoms. The zero-order valence-corrected chi connectivity index (χ0v) is 20.1. The zero-order chi connectivity index (χ0) is 24.0. The Labute approximate surface area is 203 Å². The normalized spacial score (nSPS) is 23.7. The predicted molar refractivity (Wildman–Crippen MR) is 129 cm³/mol. The Bertz CT molecular complexity index is 1270. The number of anilines is 1. The van der Waals surface area contributed by atoms with E-state index in [2.05, 4.69) is 10.3 Å². The van der Waals surface area contributed by atoms with Crippen molar-refractivity contribution in [3.8, 4) is 17.0 Å². The molecule has 6 rings (SSSR count). The van der Waals surface area contributed by atoms with Gasteiger partial charge in [-0.15, -0.1) is 0 Å². The summed E-state index contributed by atoms with van der Waals surface area (Å²) in [6, 6.07) is 3.93. The minimum atomic E-state index is -0.543. The molecule has 184 valence electrons. The van der Waals surface area contributed by atoms with Crippen LogP contribution < -0.4 is 10.1 Å². The molecule has 3 aromatic heterocycles. The van der Waals surface area contributed by atoms with Crippen LogP contribution in [0.25, 0.3) is 22.2 Å². The molecule has 2 fully saturated rings. The van der Waals surface area contributed by atoms with Crippen molar-refractivity contribution in [2.45, 2.75) is 44.3 Å². The number of amides is 1. The Balaban J connectivity index is 1.48. The summed E-state index contributed by atoms with van der Waals surface area (Å²) < 4.78 is 26.3. The summed E-state index contributed by atoms with van der Waals surface area (Å²) in [7, 11) is 1.98. The van der Waals surface area contributed by atoms with Crippen molar-refractivity contribution in [2.75, 3.05) is 38.4 Å². The van der Waals surface area contributed by atoms with Crippen LogP contribution in [0.1, 0.15) is 37.4 Å². The van der Waals surface area contributed by atoms with Crippen molar-refractivity contribution in [1.82, 2.24) is 14.5 Å². The Morgan fingerprint density at radius 2 is 2.23 bits per heavy atom. The average Bonchev–Trinajstić information content (AvgIpc) is 3.59. The van der Waals surface area contributed by atoms with E-state index >= 15 is 0 Å². The molecule has 0 saturated carbocycles. The summed E-state index contributed by atoms with van der Waals surface area (Å²) in [6.45, 7) is 4.55. The molecule has 3 aliphatic heterocycles. The van der Waals surface area contributed by atoms with Crippen LogP contribution in [0.4, 0.5) is 5.82 Å². The monoisotopic (exact) mass is 478 g/mol. The highest BCUT2D eigenvalue weighted by molar-refractivity contribution is 5.98. The number of carbonyl (C=O) groups excluding carboxylic acids is 1. The van der Waals surface area contributed by atoms with Gasteiger partial charge in [0, 0.05) is 68.8 Å². The van der Waals surface area contributed by atoms with Gasteiger partial charge in [-0.1, -0.05) is 0 Å². The van der Waals surface area contributed by atoms with Crippen LogP contribution in [0.15, 0.2) is 24.5 Å². The number of nitrogens with zero attached hydrogens (tertiary/aromatic N) is 3. The number of aryl methyl sites for hydroxylation is 1. The molecule has 1 N–H and O–H groups in total. The second kappa shape index (κ2) is 8.89. The van der Waals surface area contributed by atoms with E-state index in [1.165, 1.54) is 6.92 Å². The molecule has 35 heavy (non-hydrogen) atoms. The average molecular weight is 479 g/mol. The summed E-state index contributed by atoms with van der Waals surface area (Å²) in [4.78, 5) is 21.2. The SMILES string of the molecule is CC(=O)Nc1cc2c(-c3cc(OC[C@@H]4CCCO4)c4c(n3)C3(CCOC3)OCC4)cn(C)c2cn1. The van der Waals surface area contributed by atoms with E-state index in [0.29, 0.717) is 32.2 Å². The maximum absolute atomic E-state index is 11.6. The van der Waals surface area contributed by atoms with E-state index in [0.717, 1.165) is 71.5 Å². The van der Waals surface area contributed by atoms with Crippen LogP contribution in [-0.2, 0) is 38.1 Å². The first-order valence-corrected chi connectivity index (χ1v) is 12.3. The lowest BCUT2D eigenvalue weighted by Gasteiger charge is -2.34. The van der Waals surface area contributed by atoms with E-state index in [9.17, 15) is 4.79 Å². The molecule has 9 heteroatoms. The molecule has 6 heterocycles. The van der Waals surface area contributed by atoms with Gasteiger partial charge in [-0.2, -0.15) is 0 Å². The minimum absolute atomic E-state index is 0.120. The molecule has 3 aliphatic rings. The summed E-state index contributed by atoms with van der Waals surface area (Å²) in [5.41, 5.74) is 4.16. The van der Waals surface area contributed by atoms with Gasteiger partial charge in [0.1, 0.15) is 23.8 Å². The number of carbonyl (C=O) groups is 1. The fourth-order valence-electron chi connectivity index (χ4n) is 5.39. The molecule has 2 saturated heterocycles. The summed E-state index contributed by atoms with van der Waals surface area (Å²) >= 11 is 0. The first kappa shape index (κ1) is 22.5. The summed E-state index contributed by atoms with van der Waals surface area (Å²) in [6.07, 6.45) is 7.54. The van der Waals surface area contributed by atoms with Crippen molar-refractivity contribution in [1.29, 1.82) is 0 Å². The van der Waals surface area contributed by atoms with Crippen LogP contribution in [0.2, 0.25) is 0 Å². The van der Waals surface area contributed by atoms with E-state index in [1.807, 2.05) is 29.9 Å². The summed E-state index contributed by atoms with van der Waals surface area (Å²) in [5.74, 6) is 1.18. The maximum Gasteiger partial charge on any atom is 0.222 e. The quantitative estimate of drug-likeness (QED) is 0.601. The fourth-order valence-corrected chi connectivity index (χ4v) is 5.39. The predicted octanol–water partition coefficient (Wildman–Crippen LogP) is 3.34. The van der Waals surface area contributed by atoms with Gasteiger partial charge in [-0.05, 0) is 18.9 Å². The number of hydrogen-bond acceptors (Lipinski definition) is 7. The fraction of sp³-hybridized carbons (Fsp3) is 0.500. The molecular formula is C26H30N4O5. The number of fused-ring (bicyclic) bond motifs is 3. The first-order chi connectivity index (χ1) is 17.0. The largest absolute Gasteiger partial charge is 0.490 e. The number of ether oxygens (including phenoxy) is 4. The second-order valence-electron chi connectivity index (χ2n) is 9.60. The van der Waals surface area contributed by atoms with E-state index in [4.69, 9.17) is 23.9 Å². The third-order valence-electron chi connectivity index (χ3n) is 7.14. The van der Waals surface area contributed by atoms with Crippen LogP contribution in [-0.4, -0.2) is 59.6 Å². The lowest BCUT2D eigenvalue weighted by Crippen LogP contribution is -2.37. The third kappa shape index (κ3) is 4.07. The van der Waals surface area contributed by atoms with Crippen molar-refractivity contribution in [3.63, 3.8) is 0 Å². The van der Waals surface area contributed by atoms with Crippen molar-refractivity contribution in [2.24, 2.45) is 7.05 Å². The van der Waals surface area contributed by atoms with Gasteiger partial charge in [-0.25, -0.2) is 9.97 Å². The summed E-state index contributed by atoms with van der Waals surface area (Å²) in [5, 5.41) is 3.74. The van der Waals surface area contributed by atoms with Crippen LogP contribution in [0, 0.1) is 0 Å². The zero-order valence-electron chi connectivity index (χ0n) is 20.1. The van der Waals surface area contributed by atoms with Gasteiger partial charge < -0.3 is 28.8 Å². The molecule has 2 atom stereocenters. The van der Waals surface area contributed by atoms with E-state index in [-0.39, 0.29) is 12.0 Å². The maximum atomic E-state index is 11.6. The number of rotatable bonds is 5. The molecule has 0 aliphatic carbocycles. The highest BCUT2D eigenvalue weighted by Crippen LogP contribution is 2.44. The molecule has 3 aromatic rings. The van der Waals surface area contributed by atoms with Gasteiger partial charge in [-0.3, -0.25) is 4.79 Å². The first-order valence-electron chi connectivity index (χ1n) is 12.3. The number of pyridine rings is 2. The number of aromatic nitrogens is 3. The topological polar surface area (TPSA) is 96.7 Å². The lowest BCUT2D eigenvalue weighted by atomic mass is 9.89. The van der Waals surface area contributed by atoms with E-state index < -0.39 is 5.60 Å². The van der Waals surface area contributed by atoms with Crippen LogP contribution in [0.3, 0.4) is 0 Å². The molecule has 0 radical (unpaired) electrons. The molecule has 1 spiro atoms. The lowest BCUT2D eigenvalue weighted by molar-refractivity contribution is -0.114. The van der Waals surface area contributed by atoms with Gasteiger partial charge in [0.2, 0.25) is 5.91 Å². The van der Waals surface area contributed by atoms with Crippen molar-refractivity contribution < 1.29 is 23.7 Å². The highest BCUT2D eigenvalue weighted by atomic mass is 16.6. The molecule has 1 amide bonds. The van der Waals surface area contributed by atoms with Crippen LogP contribution >= 0.6 is 0 Å². The minimum Gasteiger partial charge on any atom is -0.490 e. The number of hydrogen-bond donors (Lipinski definition) is 1. The molecule has 1 unspecified atom stereocenters. The van der Waals surface area contributed by atoms with Crippen LogP contribution in [0.5, 0.6) is 5.75 Å². The van der Waals surface area contributed by atoms with Gasteiger partial charge in [0.15, 0.2) is 0 Å². The second-order valence-corrected chi connectivity index (χ2v) is 9.60. The smallest absolute Gasteiger partial charge is 0.222 e. The number of nitrogens with one attached hydrogen (secondary N) is 1. The Morgan fingerprint density at radius 3 is 3.00 bits per heavy atom. The van der Waals surface area contributed by atoms with E-state index in [1.54, 1.807) is 6.20 Å². The Kier molecular flexibility index (Phi) is 5.70. The van der Waals surface area contributed by atoms with Gasteiger partial charge in [0.25, 0.3) is 0 Å².